The normalized spacial score (nSPS) is 12.1. The molecule has 18 heavy (non-hydrogen) atoms. The number of anilines is 1. The molecule has 0 fully saturated rings. The molecule has 1 aromatic carbocycles. The number of hydrogen-bond acceptors (Lipinski definition) is 2. The monoisotopic (exact) mass is 262 g/mol. The van der Waals surface area contributed by atoms with Gasteiger partial charge in [-0.2, -0.15) is 0 Å². The summed E-state index contributed by atoms with van der Waals surface area (Å²) in [6.45, 7) is 0. The molecule has 1 unspecified atom stereocenters. The van der Waals surface area contributed by atoms with Gasteiger partial charge in [0.2, 0.25) is 6.30 Å². The molecule has 7 heteroatoms. The second kappa shape index (κ2) is 6.13. The van der Waals surface area contributed by atoms with E-state index in [2.05, 4.69) is 5.32 Å². The van der Waals surface area contributed by atoms with E-state index in [-0.39, 0.29) is 0 Å². The molecule has 4 nitrogen and oxygen atoms in total. The molecule has 0 aliphatic heterocycles. The van der Waals surface area contributed by atoms with Crippen molar-refractivity contribution in [3.8, 4) is 5.75 Å². The number of carbonyl (C=O) groups is 1. The Morgan fingerprint density at radius 3 is 2.28 bits per heavy atom. The van der Waals surface area contributed by atoms with Crippen LogP contribution in [-0.2, 0) is 0 Å². The molecule has 1 N–H and O–H groups in total. The lowest BCUT2D eigenvalue weighted by Gasteiger charge is -2.21. The predicted molar refractivity (Wildman–Crippen MR) is 60.7 cm³/mol. The molecule has 2 amide bonds. The third-order valence-corrected chi connectivity index (χ3v) is 2.24. The van der Waals surface area contributed by atoms with Crippen LogP contribution in [0.3, 0.4) is 0 Å². The number of nitrogens with zero attached hydrogens (tertiary/aromatic N) is 1. The number of methoxy groups -OCH3 is 1. The molecule has 1 rings (SSSR count). The summed E-state index contributed by atoms with van der Waals surface area (Å²) in [5.74, 6) is 0.581. The van der Waals surface area contributed by atoms with Crippen LogP contribution in [0.5, 0.6) is 5.75 Å². The highest BCUT2D eigenvalue weighted by Gasteiger charge is 2.27. The minimum absolute atomic E-state index is 0.300. The van der Waals surface area contributed by atoms with Gasteiger partial charge in [-0.1, -0.05) is 0 Å². The van der Waals surface area contributed by atoms with Crippen LogP contribution in [0.4, 0.5) is 23.7 Å². The minimum atomic E-state index is -3.24. The summed E-state index contributed by atoms with van der Waals surface area (Å²) < 4.78 is 41.9. The van der Waals surface area contributed by atoms with Crippen molar-refractivity contribution in [2.24, 2.45) is 0 Å². The van der Waals surface area contributed by atoms with Crippen LogP contribution in [-0.4, -0.2) is 37.8 Å². The van der Waals surface area contributed by atoms with Gasteiger partial charge in [0.05, 0.1) is 7.11 Å². The molecule has 0 radical (unpaired) electrons. The first-order valence-corrected chi connectivity index (χ1v) is 5.05. The summed E-state index contributed by atoms with van der Waals surface area (Å²) in [7, 11) is 2.44. The summed E-state index contributed by atoms with van der Waals surface area (Å²) >= 11 is 0. The van der Waals surface area contributed by atoms with E-state index in [1.807, 2.05) is 0 Å². The highest BCUT2D eigenvalue weighted by atomic mass is 19.3. The molecule has 1 atom stereocenters. The number of benzene rings is 1. The average molecular weight is 262 g/mol. The quantitative estimate of drug-likeness (QED) is 0.848. The number of urea groups is 1. The average Bonchev–Trinajstić information content (AvgIpc) is 2.37. The van der Waals surface area contributed by atoms with Crippen LogP contribution < -0.4 is 10.1 Å². The Morgan fingerprint density at radius 1 is 1.28 bits per heavy atom. The number of amides is 2. The van der Waals surface area contributed by atoms with E-state index < -0.39 is 18.8 Å². The molecular formula is C11H13F3N2O2. The van der Waals surface area contributed by atoms with Gasteiger partial charge in [-0.25, -0.2) is 18.0 Å². The zero-order valence-corrected chi connectivity index (χ0v) is 9.86. The molecule has 0 bridgehead atoms. The van der Waals surface area contributed by atoms with Crippen LogP contribution in [0.2, 0.25) is 0 Å². The fraction of sp³-hybridized carbons (Fsp3) is 0.364. The van der Waals surface area contributed by atoms with Gasteiger partial charge in [0, 0.05) is 12.7 Å². The van der Waals surface area contributed by atoms with Gasteiger partial charge in [0.25, 0.3) is 6.43 Å². The molecule has 1 aromatic rings. The third-order valence-electron chi connectivity index (χ3n) is 2.24. The summed E-state index contributed by atoms with van der Waals surface area (Å²) in [4.78, 5) is 11.7. The number of alkyl halides is 3. The van der Waals surface area contributed by atoms with Crippen molar-refractivity contribution in [1.29, 1.82) is 0 Å². The molecule has 0 aromatic heterocycles. The first-order valence-electron chi connectivity index (χ1n) is 5.05. The standard InChI is InChI=1S/C11H13F3N2O2/c1-16(10(14)9(12)13)11(17)15-7-3-5-8(18-2)6-4-7/h3-6,9-10H,1-2H3,(H,15,17). The van der Waals surface area contributed by atoms with Crippen molar-refractivity contribution in [3.63, 3.8) is 0 Å². The van der Waals surface area contributed by atoms with E-state index in [1.165, 1.54) is 19.2 Å². The molecule has 100 valence electrons. The van der Waals surface area contributed by atoms with Crippen molar-refractivity contribution in [2.75, 3.05) is 19.5 Å². The topological polar surface area (TPSA) is 41.6 Å². The number of rotatable bonds is 4. The SMILES string of the molecule is COc1ccc(NC(=O)N(C)C(F)C(F)F)cc1. The van der Waals surface area contributed by atoms with Gasteiger partial charge in [-0.05, 0) is 24.3 Å². The van der Waals surface area contributed by atoms with Gasteiger partial charge in [0.15, 0.2) is 0 Å². The second-order valence-corrected chi connectivity index (χ2v) is 3.48. The van der Waals surface area contributed by atoms with E-state index >= 15 is 0 Å². The highest BCUT2D eigenvalue weighted by molar-refractivity contribution is 5.89. The van der Waals surface area contributed by atoms with Crippen LogP contribution in [0.15, 0.2) is 24.3 Å². The summed E-state index contributed by atoms with van der Waals surface area (Å²) in [5.41, 5.74) is 0.356. The number of hydrogen-bond donors (Lipinski definition) is 1. The Bertz CT molecular complexity index is 398. The first kappa shape index (κ1) is 14.1. The molecule has 0 aliphatic carbocycles. The fourth-order valence-electron chi connectivity index (χ4n) is 1.17. The van der Waals surface area contributed by atoms with Crippen LogP contribution in [0.25, 0.3) is 0 Å². The Hall–Kier alpha value is -1.92. The highest BCUT2D eigenvalue weighted by Crippen LogP contribution is 2.16. The zero-order valence-electron chi connectivity index (χ0n) is 9.86. The lowest BCUT2D eigenvalue weighted by molar-refractivity contribution is -0.0166. The molecular weight excluding hydrogens is 249 g/mol. The van der Waals surface area contributed by atoms with Gasteiger partial charge >= 0.3 is 6.03 Å². The first-order chi connectivity index (χ1) is 8.45. The molecule has 0 saturated heterocycles. The molecule has 0 heterocycles. The third kappa shape index (κ3) is 3.54. The van der Waals surface area contributed by atoms with E-state index in [4.69, 9.17) is 4.74 Å². The Kier molecular flexibility index (Phi) is 4.82. The lowest BCUT2D eigenvalue weighted by Crippen LogP contribution is -2.41. The maximum Gasteiger partial charge on any atom is 0.324 e. The zero-order chi connectivity index (χ0) is 13.7. The maximum atomic E-state index is 12.9. The molecule has 0 aliphatic rings. The van der Waals surface area contributed by atoms with E-state index in [9.17, 15) is 18.0 Å². The Morgan fingerprint density at radius 2 is 1.83 bits per heavy atom. The number of nitrogens with one attached hydrogen (secondary N) is 1. The Balaban J connectivity index is 2.63. The number of halogens is 3. The summed E-state index contributed by atoms with van der Waals surface area (Å²) in [5, 5.41) is 2.29. The predicted octanol–water partition coefficient (Wildman–Crippen LogP) is 2.72. The smallest absolute Gasteiger partial charge is 0.324 e. The van der Waals surface area contributed by atoms with Crippen molar-refractivity contribution < 1.29 is 22.7 Å². The van der Waals surface area contributed by atoms with E-state index in [0.29, 0.717) is 16.3 Å². The van der Waals surface area contributed by atoms with E-state index in [0.717, 1.165) is 7.05 Å². The van der Waals surface area contributed by atoms with Crippen molar-refractivity contribution in [3.05, 3.63) is 24.3 Å². The summed E-state index contributed by atoms with van der Waals surface area (Å²) in [6.07, 6.45) is -5.88. The van der Waals surface area contributed by atoms with E-state index in [1.54, 1.807) is 12.1 Å². The van der Waals surface area contributed by atoms with Gasteiger partial charge in [0.1, 0.15) is 5.75 Å². The van der Waals surface area contributed by atoms with Crippen LogP contribution in [0, 0.1) is 0 Å². The van der Waals surface area contributed by atoms with Crippen LogP contribution in [0.1, 0.15) is 0 Å². The minimum Gasteiger partial charge on any atom is -0.497 e. The van der Waals surface area contributed by atoms with Crippen molar-refractivity contribution in [1.82, 2.24) is 4.90 Å². The molecule has 0 saturated carbocycles. The van der Waals surface area contributed by atoms with Crippen molar-refractivity contribution in [2.45, 2.75) is 12.7 Å². The second-order valence-electron chi connectivity index (χ2n) is 3.48. The van der Waals surface area contributed by atoms with Gasteiger partial charge < -0.3 is 10.1 Å². The summed E-state index contributed by atoms with van der Waals surface area (Å²) in [6, 6.07) is 5.24. The Labute approximate surface area is 102 Å². The van der Waals surface area contributed by atoms with Crippen LogP contribution >= 0.6 is 0 Å². The van der Waals surface area contributed by atoms with Crippen molar-refractivity contribution >= 4 is 11.7 Å². The fourth-order valence-corrected chi connectivity index (χ4v) is 1.17. The van der Waals surface area contributed by atoms with Gasteiger partial charge in [-0.15, -0.1) is 0 Å². The number of ether oxygens (including phenoxy) is 1. The largest absolute Gasteiger partial charge is 0.497 e. The molecule has 0 spiro atoms. The van der Waals surface area contributed by atoms with Gasteiger partial charge in [-0.3, -0.25) is 4.90 Å². The maximum absolute atomic E-state index is 12.9. The lowest BCUT2D eigenvalue weighted by atomic mass is 10.3. The number of carbonyl (C=O) groups excluding carboxylic acids is 1.